The largest absolute Gasteiger partial charge is 0.467 e. The summed E-state index contributed by atoms with van der Waals surface area (Å²) in [5.41, 5.74) is 3.94. The second-order valence-corrected chi connectivity index (χ2v) is 9.09. The van der Waals surface area contributed by atoms with Crippen LogP contribution in [-0.2, 0) is 29.6 Å². The van der Waals surface area contributed by atoms with Crippen molar-refractivity contribution in [2.45, 2.75) is 43.7 Å². The Morgan fingerprint density at radius 2 is 1.90 bits per heavy atom. The van der Waals surface area contributed by atoms with E-state index in [0.29, 0.717) is 18.1 Å². The molecule has 0 N–H and O–H groups in total. The first-order chi connectivity index (χ1) is 13.8. The van der Waals surface area contributed by atoms with E-state index in [-0.39, 0.29) is 18.0 Å². The average Bonchev–Trinajstić information content (AvgIpc) is 3.06. The third kappa shape index (κ3) is 4.16. The minimum Gasteiger partial charge on any atom is -0.467 e. The Balaban J connectivity index is 1.54. The molecular formula is C22H24FN3O2S. The van der Waals surface area contributed by atoms with Gasteiger partial charge in [0.2, 0.25) is 0 Å². The molecule has 2 aromatic carbocycles. The fourth-order valence-electron chi connectivity index (χ4n) is 3.32. The summed E-state index contributed by atoms with van der Waals surface area (Å²) < 4.78 is 26.8. The highest BCUT2D eigenvalue weighted by molar-refractivity contribution is 7.98. The van der Waals surface area contributed by atoms with E-state index in [2.05, 4.69) is 55.2 Å². The lowest BCUT2D eigenvalue weighted by molar-refractivity contribution is -0.0171. The Bertz CT molecular complexity index is 1030. The average molecular weight is 414 g/mol. The molecule has 0 unspecified atom stereocenters. The predicted octanol–water partition coefficient (Wildman–Crippen LogP) is 5.08. The number of fused-ring (bicyclic) bond motifs is 1. The number of nitrogens with zero attached hydrogens (tertiary/aromatic N) is 3. The molecule has 0 bridgehead atoms. The summed E-state index contributed by atoms with van der Waals surface area (Å²) in [7, 11) is 1.95. The molecule has 0 saturated heterocycles. The summed E-state index contributed by atoms with van der Waals surface area (Å²) in [5, 5.41) is 9.46. The molecule has 0 aliphatic carbocycles. The van der Waals surface area contributed by atoms with Crippen molar-refractivity contribution in [2.75, 3.05) is 6.79 Å². The highest BCUT2D eigenvalue weighted by atomic mass is 32.2. The van der Waals surface area contributed by atoms with Crippen molar-refractivity contribution in [2.24, 2.45) is 7.05 Å². The zero-order chi connectivity index (χ0) is 20.6. The van der Waals surface area contributed by atoms with Crippen molar-refractivity contribution in [1.82, 2.24) is 14.8 Å². The van der Waals surface area contributed by atoms with Gasteiger partial charge in [-0.3, -0.25) is 0 Å². The van der Waals surface area contributed by atoms with E-state index in [1.807, 2.05) is 11.6 Å². The second-order valence-electron chi connectivity index (χ2n) is 8.15. The maximum absolute atomic E-state index is 13.9. The highest BCUT2D eigenvalue weighted by Crippen LogP contribution is 2.34. The lowest BCUT2D eigenvalue weighted by atomic mass is 9.87. The van der Waals surface area contributed by atoms with Gasteiger partial charge >= 0.3 is 0 Å². The number of hydrogen-bond donors (Lipinski definition) is 0. The maximum atomic E-state index is 13.9. The van der Waals surface area contributed by atoms with Gasteiger partial charge in [0, 0.05) is 29.5 Å². The highest BCUT2D eigenvalue weighted by Gasteiger charge is 2.19. The van der Waals surface area contributed by atoms with Crippen LogP contribution in [0.25, 0.3) is 11.4 Å². The lowest BCUT2D eigenvalue weighted by Crippen LogP contribution is -2.13. The number of rotatable bonds is 4. The molecule has 0 spiro atoms. The SMILES string of the molecule is Cn1c(SCc2cc(F)cc3c2OCOC3)nnc1-c1ccc(C(C)(C)C)cc1. The van der Waals surface area contributed by atoms with Crippen LogP contribution in [0.5, 0.6) is 5.75 Å². The maximum Gasteiger partial charge on any atom is 0.191 e. The quantitative estimate of drug-likeness (QED) is 0.559. The van der Waals surface area contributed by atoms with Gasteiger partial charge in [-0.15, -0.1) is 10.2 Å². The molecule has 4 rings (SSSR count). The Kier molecular flexibility index (Phi) is 5.36. The zero-order valence-electron chi connectivity index (χ0n) is 17.0. The number of thioether (sulfide) groups is 1. The number of halogens is 1. The van der Waals surface area contributed by atoms with Gasteiger partial charge in [0.05, 0.1) is 6.61 Å². The van der Waals surface area contributed by atoms with Gasteiger partial charge in [-0.2, -0.15) is 0 Å². The summed E-state index contributed by atoms with van der Waals surface area (Å²) in [6.07, 6.45) is 0. The van der Waals surface area contributed by atoms with E-state index >= 15 is 0 Å². The third-order valence-electron chi connectivity index (χ3n) is 4.95. The fraction of sp³-hybridized carbons (Fsp3) is 0.364. The van der Waals surface area contributed by atoms with Crippen LogP contribution in [-0.4, -0.2) is 21.6 Å². The molecule has 152 valence electrons. The van der Waals surface area contributed by atoms with E-state index in [4.69, 9.17) is 9.47 Å². The Hall–Kier alpha value is -2.38. The summed E-state index contributed by atoms with van der Waals surface area (Å²) >= 11 is 1.51. The molecule has 0 fully saturated rings. The molecule has 1 aliphatic rings. The minimum atomic E-state index is -0.286. The summed E-state index contributed by atoms with van der Waals surface area (Å²) in [5.74, 6) is 1.77. The van der Waals surface area contributed by atoms with Crippen LogP contribution in [0.2, 0.25) is 0 Å². The van der Waals surface area contributed by atoms with Gasteiger partial charge in [0.15, 0.2) is 17.8 Å². The number of aromatic nitrogens is 3. The van der Waals surface area contributed by atoms with Crippen molar-refractivity contribution in [3.05, 3.63) is 58.9 Å². The number of ether oxygens (including phenoxy) is 2. The topological polar surface area (TPSA) is 49.2 Å². The van der Waals surface area contributed by atoms with Gasteiger partial charge in [-0.05, 0) is 23.1 Å². The van der Waals surface area contributed by atoms with Crippen LogP contribution < -0.4 is 4.74 Å². The van der Waals surface area contributed by atoms with Gasteiger partial charge < -0.3 is 14.0 Å². The molecule has 7 heteroatoms. The third-order valence-corrected chi connectivity index (χ3v) is 6.02. The van der Waals surface area contributed by atoms with Crippen molar-refractivity contribution in [3.63, 3.8) is 0 Å². The van der Waals surface area contributed by atoms with Crippen molar-refractivity contribution >= 4 is 11.8 Å². The predicted molar refractivity (Wildman–Crippen MR) is 111 cm³/mol. The first-order valence-electron chi connectivity index (χ1n) is 9.48. The first kappa shape index (κ1) is 19.9. The smallest absolute Gasteiger partial charge is 0.191 e. The van der Waals surface area contributed by atoms with Crippen LogP contribution in [0.3, 0.4) is 0 Å². The van der Waals surface area contributed by atoms with E-state index in [1.54, 1.807) is 0 Å². The van der Waals surface area contributed by atoms with Crippen molar-refractivity contribution in [1.29, 1.82) is 0 Å². The van der Waals surface area contributed by atoms with E-state index in [1.165, 1.54) is 29.5 Å². The summed E-state index contributed by atoms with van der Waals surface area (Å²) in [4.78, 5) is 0. The molecule has 1 aromatic heterocycles. The van der Waals surface area contributed by atoms with Gasteiger partial charge in [-0.25, -0.2) is 4.39 Å². The lowest BCUT2D eigenvalue weighted by Gasteiger charge is -2.20. The molecule has 0 radical (unpaired) electrons. The molecular weight excluding hydrogens is 389 g/mol. The first-order valence-corrected chi connectivity index (χ1v) is 10.5. The Morgan fingerprint density at radius 1 is 1.14 bits per heavy atom. The van der Waals surface area contributed by atoms with Gasteiger partial charge in [0.25, 0.3) is 0 Å². The molecule has 3 aromatic rings. The van der Waals surface area contributed by atoms with Crippen molar-refractivity contribution < 1.29 is 13.9 Å². The summed E-state index contributed by atoms with van der Waals surface area (Å²) in [6.45, 7) is 7.14. The van der Waals surface area contributed by atoms with Crippen LogP contribution in [0.15, 0.2) is 41.6 Å². The molecule has 5 nitrogen and oxygen atoms in total. The van der Waals surface area contributed by atoms with Crippen LogP contribution in [0.1, 0.15) is 37.5 Å². The molecule has 0 saturated carbocycles. The van der Waals surface area contributed by atoms with Crippen molar-refractivity contribution in [3.8, 4) is 17.1 Å². The summed E-state index contributed by atoms with van der Waals surface area (Å²) in [6, 6.07) is 11.4. The van der Waals surface area contributed by atoms with Gasteiger partial charge in [-0.1, -0.05) is 56.8 Å². The molecule has 29 heavy (non-hydrogen) atoms. The normalized spacial score (nSPS) is 13.8. The van der Waals surface area contributed by atoms with Gasteiger partial charge in [0.1, 0.15) is 11.6 Å². The molecule has 0 amide bonds. The Morgan fingerprint density at radius 3 is 2.62 bits per heavy atom. The van der Waals surface area contributed by atoms with Crippen LogP contribution in [0.4, 0.5) is 4.39 Å². The molecule has 2 heterocycles. The van der Waals surface area contributed by atoms with E-state index < -0.39 is 0 Å². The zero-order valence-corrected chi connectivity index (χ0v) is 17.8. The van der Waals surface area contributed by atoms with Crippen LogP contribution in [0, 0.1) is 5.82 Å². The van der Waals surface area contributed by atoms with E-state index in [9.17, 15) is 4.39 Å². The molecule has 1 aliphatic heterocycles. The minimum absolute atomic E-state index is 0.108. The standard InChI is InChI=1S/C22H24FN3O2S/c1-22(2,3)17-7-5-14(6-8-17)20-24-25-21(26(20)4)29-12-16-10-18(23)9-15-11-27-13-28-19(15)16/h5-10H,11-13H2,1-4H3. The Labute approximate surface area is 174 Å². The monoisotopic (exact) mass is 413 g/mol. The fourth-order valence-corrected chi connectivity index (χ4v) is 4.20. The van der Waals surface area contributed by atoms with E-state index in [0.717, 1.165) is 27.7 Å². The van der Waals surface area contributed by atoms with Crippen LogP contribution >= 0.6 is 11.8 Å². The molecule has 0 atom stereocenters. The number of benzene rings is 2. The number of hydrogen-bond acceptors (Lipinski definition) is 5. The second kappa shape index (κ2) is 7.80.